The number of amides is 1. The molecule has 0 aromatic heterocycles. The minimum absolute atomic E-state index is 0.171. The highest BCUT2D eigenvalue weighted by Gasteiger charge is 2.53. The molecule has 0 bridgehead atoms. The number of carbonyl (C=O) groups excluding carboxylic acids is 1. The molecule has 1 amide bonds. The average molecular weight is 425 g/mol. The molecular weight excluding hydrogens is 392 g/mol. The fourth-order valence-electron chi connectivity index (χ4n) is 4.44. The topological polar surface area (TPSA) is 68.8 Å². The Kier molecular flexibility index (Phi) is 5.84. The zero-order valence-corrected chi connectivity index (χ0v) is 18.8. The first-order chi connectivity index (χ1) is 14.8. The molecule has 0 saturated carbocycles. The van der Waals surface area contributed by atoms with E-state index in [9.17, 15) is 4.79 Å². The van der Waals surface area contributed by atoms with Gasteiger partial charge in [0.2, 0.25) is 0 Å². The number of hydrogen-bond acceptors (Lipinski definition) is 5. The lowest BCUT2D eigenvalue weighted by molar-refractivity contribution is 0.0636. The molecule has 1 saturated heterocycles. The van der Waals surface area contributed by atoms with Crippen molar-refractivity contribution < 1.29 is 19.0 Å². The van der Waals surface area contributed by atoms with Crippen LogP contribution in [0.2, 0.25) is 0 Å². The van der Waals surface area contributed by atoms with Gasteiger partial charge in [-0.1, -0.05) is 31.5 Å². The Hall–Kier alpha value is -2.73. The second-order valence-electron chi connectivity index (χ2n) is 9.20. The summed E-state index contributed by atoms with van der Waals surface area (Å²) in [6, 6.07) is 14.1. The summed E-state index contributed by atoms with van der Waals surface area (Å²) in [7, 11) is 0. The number of carbonyl (C=O) groups is 1. The number of hydrogen-bond donors (Lipinski definition) is 2. The van der Waals surface area contributed by atoms with E-state index >= 15 is 0 Å². The third kappa shape index (κ3) is 4.22. The van der Waals surface area contributed by atoms with Crippen molar-refractivity contribution in [3.8, 4) is 5.75 Å². The van der Waals surface area contributed by atoms with Gasteiger partial charge in [0.25, 0.3) is 0 Å². The molecule has 6 heteroatoms. The number of fused-ring (bicyclic) bond motifs is 3. The molecule has 166 valence electrons. The number of nitrogens with one attached hydrogen (secondary N) is 2. The van der Waals surface area contributed by atoms with E-state index in [2.05, 4.69) is 35.8 Å². The first-order valence-corrected chi connectivity index (χ1v) is 11.1. The highest BCUT2D eigenvalue weighted by atomic mass is 16.6. The third-order valence-corrected chi connectivity index (χ3v) is 5.78. The van der Waals surface area contributed by atoms with Crippen molar-refractivity contribution in [2.24, 2.45) is 0 Å². The van der Waals surface area contributed by atoms with Crippen molar-refractivity contribution >= 4 is 17.5 Å². The minimum atomic E-state index is -0.562. The molecule has 0 radical (unpaired) electrons. The largest absolute Gasteiger partial charge is 0.493 e. The molecule has 2 aliphatic rings. The van der Waals surface area contributed by atoms with Crippen molar-refractivity contribution in [1.82, 2.24) is 0 Å². The van der Waals surface area contributed by atoms with Crippen LogP contribution in [0.4, 0.5) is 16.2 Å². The molecule has 2 aliphatic heterocycles. The Morgan fingerprint density at radius 2 is 2.03 bits per heavy atom. The van der Waals surface area contributed by atoms with E-state index in [1.54, 1.807) is 0 Å². The maximum Gasteiger partial charge on any atom is 0.412 e. The molecule has 4 rings (SSSR count). The van der Waals surface area contributed by atoms with Gasteiger partial charge < -0.3 is 19.5 Å². The van der Waals surface area contributed by atoms with Gasteiger partial charge in [-0.3, -0.25) is 5.32 Å². The van der Waals surface area contributed by atoms with Gasteiger partial charge in [0, 0.05) is 16.9 Å². The SMILES string of the molecule is CCCCOc1ccc(NC(=O)OC(C)(C)C)cc1[C@]12CCO[C@H]1Nc1ccccc12. The molecule has 2 atom stereocenters. The summed E-state index contributed by atoms with van der Waals surface area (Å²) >= 11 is 0. The molecule has 2 N–H and O–H groups in total. The molecule has 2 aromatic rings. The number of anilines is 2. The van der Waals surface area contributed by atoms with Gasteiger partial charge in [-0.25, -0.2) is 4.79 Å². The second kappa shape index (κ2) is 8.42. The Bertz CT molecular complexity index is 953. The number of benzene rings is 2. The zero-order chi connectivity index (χ0) is 22.1. The molecule has 31 heavy (non-hydrogen) atoms. The van der Waals surface area contributed by atoms with Gasteiger partial charge in [-0.15, -0.1) is 0 Å². The molecule has 2 heterocycles. The van der Waals surface area contributed by atoms with Crippen molar-refractivity contribution in [1.29, 1.82) is 0 Å². The summed E-state index contributed by atoms with van der Waals surface area (Å²) < 4.78 is 17.8. The Balaban J connectivity index is 1.74. The lowest BCUT2D eigenvalue weighted by atomic mass is 9.73. The van der Waals surface area contributed by atoms with Gasteiger partial charge in [0.15, 0.2) is 0 Å². The van der Waals surface area contributed by atoms with Crippen molar-refractivity contribution in [2.45, 2.75) is 64.2 Å². The summed E-state index contributed by atoms with van der Waals surface area (Å²) in [6.45, 7) is 9.01. The van der Waals surface area contributed by atoms with Crippen LogP contribution >= 0.6 is 0 Å². The molecule has 0 aliphatic carbocycles. The standard InChI is InChI=1S/C25H32N2O4/c1-5-6-14-29-21-12-11-17(26-23(28)31-24(2,3)4)16-19(21)25-13-15-30-22(25)27-20-10-8-7-9-18(20)25/h7-12,16,22,27H,5-6,13-15H2,1-4H3,(H,26,28)/t22-,25-/m1/s1. The lowest BCUT2D eigenvalue weighted by Crippen LogP contribution is -2.36. The van der Waals surface area contributed by atoms with Gasteiger partial charge in [-0.2, -0.15) is 0 Å². The van der Waals surface area contributed by atoms with Crippen LogP contribution in [0.5, 0.6) is 5.75 Å². The van der Waals surface area contributed by atoms with E-state index in [0.717, 1.165) is 36.3 Å². The lowest BCUT2D eigenvalue weighted by Gasteiger charge is -2.31. The smallest absolute Gasteiger partial charge is 0.412 e. The molecule has 2 aromatic carbocycles. The van der Waals surface area contributed by atoms with Gasteiger partial charge >= 0.3 is 6.09 Å². The predicted molar refractivity (Wildman–Crippen MR) is 122 cm³/mol. The first-order valence-electron chi connectivity index (χ1n) is 11.1. The van der Waals surface area contributed by atoms with Crippen molar-refractivity contribution in [3.05, 3.63) is 53.6 Å². The first kappa shape index (κ1) is 21.5. The van der Waals surface area contributed by atoms with Gasteiger partial charge in [0.05, 0.1) is 18.6 Å². The number of unbranched alkanes of at least 4 members (excludes halogenated alkanes) is 1. The van der Waals surface area contributed by atoms with Crippen LogP contribution < -0.4 is 15.4 Å². The van der Waals surface area contributed by atoms with E-state index in [-0.39, 0.29) is 11.6 Å². The van der Waals surface area contributed by atoms with Crippen LogP contribution in [-0.4, -0.2) is 31.1 Å². The number of ether oxygens (including phenoxy) is 3. The van der Waals surface area contributed by atoms with Crippen molar-refractivity contribution in [3.63, 3.8) is 0 Å². The highest BCUT2D eigenvalue weighted by Crippen LogP contribution is 2.54. The molecule has 0 spiro atoms. The van der Waals surface area contributed by atoms with Gasteiger partial charge in [-0.05, 0) is 63.4 Å². The summed E-state index contributed by atoms with van der Waals surface area (Å²) in [4.78, 5) is 12.4. The van der Waals surface area contributed by atoms with E-state index in [1.807, 2.05) is 45.0 Å². The Labute approximate surface area is 184 Å². The Morgan fingerprint density at radius 1 is 1.23 bits per heavy atom. The van der Waals surface area contributed by atoms with E-state index in [1.165, 1.54) is 5.56 Å². The predicted octanol–water partition coefficient (Wildman–Crippen LogP) is 5.67. The van der Waals surface area contributed by atoms with Gasteiger partial charge in [0.1, 0.15) is 17.6 Å². The number of rotatable bonds is 6. The normalized spacial score (nSPS) is 21.7. The average Bonchev–Trinajstić information content (AvgIpc) is 3.24. The van der Waals surface area contributed by atoms with Crippen LogP contribution in [0.3, 0.4) is 0 Å². The fraction of sp³-hybridized carbons (Fsp3) is 0.480. The molecule has 0 unspecified atom stereocenters. The Morgan fingerprint density at radius 3 is 2.81 bits per heavy atom. The number of para-hydroxylation sites is 1. The van der Waals surface area contributed by atoms with Crippen LogP contribution in [0.25, 0.3) is 0 Å². The summed E-state index contributed by atoms with van der Waals surface area (Å²) in [6.07, 6.45) is 2.24. The highest BCUT2D eigenvalue weighted by molar-refractivity contribution is 5.85. The van der Waals surface area contributed by atoms with E-state index in [0.29, 0.717) is 18.9 Å². The summed E-state index contributed by atoms with van der Waals surface area (Å²) in [5.74, 6) is 0.831. The summed E-state index contributed by atoms with van der Waals surface area (Å²) in [5, 5.41) is 6.41. The molecular formula is C25H32N2O4. The maximum absolute atomic E-state index is 12.4. The van der Waals surface area contributed by atoms with E-state index in [4.69, 9.17) is 14.2 Å². The van der Waals surface area contributed by atoms with E-state index < -0.39 is 11.7 Å². The van der Waals surface area contributed by atoms with Crippen LogP contribution in [0, 0.1) is 0 Å². The van der Waals surface area contributed by atoms with Crippen LogP contribution in [0.15, 0.2) is 42.5 Å². The minimum Gasteiger partial charge on any atom is -0.493 e. The van der Waals surface area contributed by atoms with Crippen molar-refractivity contribution in [2.75, 3.05) is 23.8 Å². The summed E-state index contributed by atoms with van der Waals surface area (Å²) in [5.41, 5.74) is 3.05. The monoisotopic (exact) mass is 424 g/mol. The zero-order valence-electron chi connectivity index (χ0n) is 18.8. The van der Waals surface area contributed by atoms with Crippen LogP contribution in [-0.2, 0) is 14.9 Å². The molecule has 1 fully saturated rings. The quantitative estimate of drug-likeness (QED) is 0.585. The maximum atomic E-state index is 12.4. The van der Waals surface area contributed by atoms with Crippen LogP contribution in [0.1, 0.15) is 58.1 Å². The second-order valence-corrected chi connectivity index (χ2v) is 9.20. The fourth-order valence-corrected chi connectivity index (χ4v) is 4.44. The third-order valence-electron chi connectivity index (χ3n) is 5.78. The molecule has 6 nitrogen and oxygen atoms in total.